The molecule has 4 heteroatoms. The molecule has 0 heterocycles. The Balaban J connectivity index is 2.25. The predicted octanol–water partition coefficient (Wildman–Crippen LogP) is 4.55. The van der Waals surface area contributed by atoms with Crippen molar-refractivity contribution in [3.05, 3.63) is 70.2 Å². The molecule has 2 rings (SSSR count). The Labute approximate surface area is 128 Å². The van der Waals surface area contributed by atoms with Gasteiger partial charge in [-0.25, -0.2) is 8.78 Å². The first-order chi connectivity index (χ1) is 10.1. The Morgan fingerprint density at radius 2 is 1.95 bits per heavy atom. The van der Waals surface area contributed by atoms with Gasteiger partial charge in [0.25, 0.3) is 0 Å². The molecule has 0 fully saturated rings. The molecular weight excluding hydrogens is 292 g/mol. The van der Waals surface area contributed by atoms with Crippen LogP contribution in [0.5, 0.6) is 0 Å². The molecule has 2 aromatic rings. The van der Waals surface area contributed by atoms with E-state index in [1.807, 2.05) is 13.0 Å². The van der Waals surface area contributed by atoms with E-state index in [0.717, 1.165) is 12.1 Å². The molecule has 1 unspecified atom stereocenters. The van der Waals surface area contributed by atoms with Crippen molar-refractivity contribution < 1.29 is 8.78 Å². The third kappa shape index (κ3) is 4.51. The molecule has 0 aliphatic rings. The first-order valence-corrected chi connectivity index (χ1v) is 7.38. The smallest absolute Gasteiger partial charge is 0.126 e. The number of halogens is 3. The van der Waals surface area contributed by atoms with E-state index in [2.05, 4.69) is 5.32 Å². The second kappa shape index (κ2) is 7.53. The Kier molecular flexibility index (Phi) is 5.71. The first kappa shape index (κ1) is 15.9. The van der Waals surface area contributed by atoms with Crippen molar-refractivity contribution in [2.24, 2.45) is 0 Å². The highest BCUT2D eigenvalue weighted by molar-refractivity contribution is 6.30. The van der Waals surface area contributed by atoms with Crippen LogP contribution >= 0.6 is 11.6 Å². The average molecular weight is 310 g/mol. The molecule has 0 saturated heterocycles. The molecule has 1 atom stereocenters. The number of nitrogens with one attached hydrogen (secondary N) is 1. The minimum absolute atomic E-state index is 0.00591. The average Bonchev–Trinajstić information content (AvgIpc) is 2.47. The van der Waals surface area contributed by atoms with Gasteiger partial charge in [-0.3, -0.25) is 0 Å². The van der Waals surface area contributed by atoms with E-state index in [4.69, 9.17) is 11.6 Å². The van der Waals surface area contributed by atoms with Crippen LogP contribution in [0.1, 0.15) is 24.0 Å². The summed E-state index contributed by atoms with van der Waals surface area (Å²) in [6.45, 7) is 3.47. The molecule has 0 amide bonds. The molecule has 0 aliphatic heterocycles. The standard InChI is InChI=1S/C17H18ClF2N/c1-2-21-11-14(12-4-3-5-16(19)10-12)8-13-9-15(18)6-7-17(13)20/h3-7,9-10,14,21H,2,8,11H2,1H3. The molecule has 0 radical (unpaired) electrons. The van der Waals surface area contributed by atoms with Crippen LogP contribution in [0.2, 0.25) is 5.02 Å². The van der Waals surface area contributed by atoms with Gasteiger partial charge in [-0.15, -0.1) is 0 Å². The molecule has 0 bridgehead atoms. The highest BCUT2D eigenvalue weighted by atomic mass is 35.5. The van der Waals surface area contributed by atoms with Crippen LogP contribution in [0.15, 0.2) is 42.5 Å². The summed E-state index contributed by atoms with van der Waals surface area (Å²) in [7, 11) is 0. The normalized spacial score (nSPS) is 12.4. The lowest BCUT2D eigenvalue weighted by atomic mass is 9.91. The van der Waals surface area contributed by atoms with Crippen molar-refractivity contribution in [3.63, 3.8) is 0 Å². The van der Waals surface area contributed by atoms with Crippen molar-refractivity contribution in [1.29, 1.82) is 0 Å². The zero-order valence-corrected chi connectivity index (χ0v) is 12.6. The predicted molar refractivity (Wildman–Crippen MR) is 82.8 cm³/mol. The minimum atomic E-state index is -0.280. The summed E-state index contributed by atoms with van der Waals surface area (Å²) >= 11 is 5.93. The van der Waals surface area contributed by atoms with Gasteiger partial charge in [0.05, 0.1) is 0 Å². The largest absolute Gasteiger partial charge is 0.316 e. The molecular formula is C17H18ClF2N. The highest BCUT2D eigenvalue weighted by Gasteiger charge is 2.15. The van der Waals surface area contributed by atoms with Crippen LogP contribution in [0.25, 0.3) is 0 Å². The molecule has 0 aromatic heterocycles. The fraction of sp³-hybridized carbons (Fsp3) is 0.294. The summed E-state index contributed by atoms with van der Waals surface area (Å²) in [5.74, 6) is -0.563. The van der Waals surface area contributed by atoms with Crippen LogP contribution in [-0.2, 0) is 6.42 Å². The number of likely N-dealkylation sites (N-methyl/N-ethyl adjacent to an activating group) is 1. The van der Waals surface area contributed by atoms with Crippen molar-refractivity contribution >= 4 is 11.6 Å². The molecule has 0 aliphatic carbocycles. The maximum absolute atomic E-state index is 13.9. The first-order valence-electron chi connectivity index (χ1n) is 7.00. The number of hydrogen-bond donors (Lipinski definition) is 1. The highest BCUT2D eigenvalue weighted by Crippen LogP contribution is 2.24. The van der Waals surface area contributed by atoms with Gasteiger partial charge < -0.3 is 5.32 Å². The van der Waals surface area contributed by atoms with Crippen LogP contribution in [0.3, 0.4) is 0 Å². The summed E-state index contributed by atoms with van der Waals surface area (Å²) in [6, 6.07) is 11.0. The van der Waals surface area contributed by atoms with Crippen LogP contribution in [-0.4, -0.2) is 13.1 Å². The van der Waals surface area contributed by atoms with Gasteiger partial charge in [0, 0.05) is 17.5 Å². The molecule has 2 aromatic carbocycles. The van der Waals surface area contributed by atoms with Crippen molar-refractivity contribution in [3.8, 4) is 0 Å². The van der Waals surface area contributed by atoms with E-state index >= 15 is 0 Å². The van der Waals surface area contributed by atoms with E-state index in [1.165, 1.54) is 24.3 Å². The lowest BCUT2D eigenvalue weighted by molar-refractivity contribution is 0.557. The van der Waals surface area contributed by atoms with Gasteiger partial charge in [0.1, 0.15) is 11.6 Å². The van der Waals surface area contributed by atoms with Crippen LogP contribution in [0, 0.1) is 11.6 Å². The summed E-state index contributed by atoms with van der Waals surface area (Å²) in [5, 5.41) is 3.75. The van der Waals surface area contributed by atoms with E-state index < -0.39 is 0 Å². The van der Waals surface area contributed by atoms with E-state index in [0.29, 0.717) is 23.6 Å². The van der Waals surface area contributed by atoms with E-state index in [9.17, 15) is 8.78 Å². The van der Waals surface area contributed by atoms with Crippen molar-refractivity contribution in [2.45, 2.75) is 19.3 Å². The quantitative estimate of drug-likeness (QED) is 0.825. The Hall–Kier alpha value is -1.45. The third-order valence-electron chi connectivity index (χ3n) is 3.43. The van der Waals surface area contributed by atoms with Crippen LogP contribution < -0.4 is 5.32 Å². The fourth-order valence-electron chi connectivity index (χ4n) is 2.35. The molecule has 21 heavy (non-hydrogen) atoms. The summed E-state index contributed by atoms with van der Waals surface area (Å²) in [6.07, 6.45) is 0.475. The Bertz CT molecular complexity index is 601. The van der Waals surface area contributed by atoms with Gasteiger partial charge >= 0.3 is 0 Å². The zero-order valence-electron chi connectivity index (χ0n) is 11.9. The van der Waals surface area contributed by atoms with Gasteiger partial charge in [0.2, 0.25) is 0 Å². The van der Waals surface area contributed by atoms with E-state index in [1.54, 1.807) is 12.1 Å². The summed E-state index contributed by atoms with van der Waals surface area (Å²) < 4.78 is 27.3. The van der Waals surface area contributed by atoms with Gasteiger partial charge in [-0.05, 0) is 54.4 Å². The van der Waals surface area contributed by atoms with Gasteiger partial charge in [-0.1, -0.05) is 30.7 Å². The van der Waals surface area contributed by atoms with Crippen molar-refractivity contribution in [2.75, 3.05) is 13.1 Å². The molecule has 112 valence electrons. The SMILES string of the molecule is CCNCC(Cc1cc(Cl)ccc1F)c1cccc(F)c1. The zero-order chi connectivity index (χ0) is 15.2. The third-order valence-corrected chi connectivity index (χ3v) is 3.67. The number of rotatable bonds is 6. The molecule has 1 N–H and O–H groups in total. The molecule has 1 nitrogen and oxygen atoms in total. The lowest BCUT2D eigenvalue weighted by Crippen LogP contribution is -2.23. The van der Waals surface area contributed by atoms with E-state index in [-0.39, 0.29) is 17.6 Å². The molecule has 0 saturated carbocycles. The summed E-state index contributed by atoms with van der Waals surface area (Å²) in [5.41, 5.74) is 1.41. The fourth-order valence-corrected chi connectivity index (χ4v) is 2.55. The topological polar surface area (TPSA) is 12.0 Å². The second-order valence-corrected chi connectivity index (χ2v) is 5.44. The Morgan fingerprint density at radius 3 is 2.67 bits per heavy atom. The van der Waals surface area contributed by atoms with Gasteiger partial charge in [0.15, 0.2) is 0 Å². The second-order valence-electron chi connectivity index (χ2n) is 5.00. The maximum Gasteiger partial charge on any atom is 0.126 e. The van der Waals surface area contributed by atoms with Gasteiger partial charge in [-0.2, -0.15) is 0 Å². The lowest BCUT2D eigenvalue weighted by Gasteiger charge is -2.18. The maximum atomic E-state index is 13.9. The number of hydrogen-bond acceptors (Lipinski definition) is 1. The number of benzene rings is 2. The Morgan fingerprint density at radius 1 is 1.14 bits per heavy atom. The van der Waals surface area contributed by atoms with Crippen LogP contribution in [0.4, 0.5) is 8.78 Å². The van der Waals surface area contributed by atoms with Crippen molar-refractivity contribution in [1.82, 2.24) is 5.32 Å². The minimum Gasteiger partial charge on any atom is -0.316 e. The molecule has 0 spiro atoms. The summed E-state index contributed by atoms with van der Waals surface area (Å²) in [4.78, 5) is 0. The monoisotopic (exact) mass is 309 g/mol.